The van der Waals surface area contributed by atoms with Crippen LogP contribution in [0, 0.1) is 5.92 Å². The van der Waals surface area contributed by atoms with E-state index < -0.39 is 16.0 Å². The number of methoxy groups -OCH3 is 1. The zero-order chi connectivity index (χ0) is 16.0. The topological polar surface area (TPSA) is 98.5 Å². The second kappa shape index (κ2) is 7.53. The molecule has 6 nitrogen and oxygen atoms in total. The van der Waals surface area contributed by atoms with Crippen molar-refractivity contribution >= 4 is 16.0 Å². The van der Waals surface area contributed by atoms with E-state index in [1.165, 1.54) is 7.11 Å². The lowest BCUT2D eigenvalue weighted by atomic mass is 10.1. The molecular formula is C14H22N2O4S. The SMILES string of the molecule is COC(=O)c1ccc(CS(=O)(=O)NC(CN)C(C)C)cc1. The van der Waals surface area contributed by atoms with E-state index in [4.69, 9.17) is 5.73 Å². The summed E-state index contributed by atoms with van der Waals surface area (Å²) in [7, 11) is -2.18. The van der Waals surface area contributed by atoms with Gasteiger partial charge in [0.2, 0.25) is 10.0 Å². The van der Waals surface area contributed by atoms with Crippen molar-refractivity contribution in [3.63, 3.8) is 0 Å². The first kappa shape index (κ1) is 17.6. The highest BCUT2D eigenvalue weighted by Crippen LogP contribution is 2.10. The Labute approximate surface area is 125 Å². The van der Waals surface area contributed by atoms with Crippen LogP contribution in [0.2, 0.25) is 0 Å². The Morgan fingerprint density at radius 3 is 2.29 bits per heavy atom. The molecule has 3 N–H and O–H groups in total. The number of nitrogens with one attached hydrogen (secondary N) is 1. The Morgan fingerprint density at radius 1 is 1.29 bits per heavy atom. The number of benzene rings is 1. The van der Waals surface area contributed by atoms with E-state index in [-0.39, 0.29) is 24.3 Å². The third-order valence-electron chi connectivity index (χ3n) is 3.12. The molecule has 0 heterocycles. The molecule has 0 aliphatic heterocycles. The number of hydrogen-bond donors (Lipinski definition) is 2. The zero-order valence-electron chi connectivity index (χ0n) is 12.5. The molecule has 21 heavy (non-hydrogen) atoms. The lowest BCUT2D eigenvalue weighted by molar-refractivity contribution is 0.0600. The molecular weight excluding hydrogens is 292 g/mol. The normalized spacial score (nSPS) is 13.2. The van der Waals surface area contributed by atoms with E-state index in [1.54, 1.807) is 24.3 Å². The van der Waals surface area contributed by atoms with Crippen LogP contribution < -0.4 is 10.5 Å². The molecule has 118 valence electrons. The Bertz CT molecular complexity index is 567. The van der Waals surface area contributed by atoms with E-state index in [2.05, 4.69) is 9.46 Å². The number of carbonyl (C=O) groups excluding carboxylic acids is 1. The zero-order valence-corrected chi connectivity index (χ0v) is 13.3. The molecule has 1 aromatic rings. The molecule has 0 radical (unpaired) electrons. The van der Waals surface area contributed by atoms with Crippen LogP contribution >= 0.6 is 0 Å². The van der Waals surface area contributed by atoms with Gasteiger partial charge in [-0.2, -0.15) is 0 Å². The first-order chi connectivity index (χ1) is 9.79. The summed E-state index contributed by atoms with van der Waals surface area (Å²) in [6, 6.07) is 5.99. The van der Waals surface area contributed by atoms with Gasteiger partial charge in [-0.15, -0.1) is 0 Å². The molecule has 0 spiro atoms. The van der Waals surface area contributed by atoms with Gasteiger partial charge in [0, 0.05) is 12.6 Å². The lowest BCUT2D eigenvalue weighted by Crippen LogP contribution is -2.44. The number of rotatable bonds is 7. The summed E-state index contributed by atoms with van der Waals surface area (Å²) in [5.74, 6) is -0.491. The summed E-state index contributed by atoms with van der Waals surface area (Å²) in [6.07, 6.45) is 0. The summed E-state index contributed by atoms with van der Waals surface area (Å²) in [4.78, 5) is 11.3. The van der Waals surface area contributed by atoms with Crippen molar-refractivity contribution in [1.29, 1.82) is 0 Å². The van der Waals surface area contributed by atoms with Gasteiger partial charge in [-0.1, -0.05) is 26.0 Å². The van der Waals surface area contributed by atoms with Crippen LogP contribution in [0.1, 0.15) is 29.8 Å². The average molecular weight is 314 g/mol. The number of sulfonamides is 1. The van der Waals surface area contributed by atoms with E-state index in [0.29, 0.717) is 11.1 Å². The van der Waals surface area contributed by atoms with Crippen LogP contribution in [0.5, 0.6) is 0 Å². The van der Waals surface area contributed by atoms with Gasteiger partial charge < -0.3 is 10.5 Å². The van der Waals surface area contributed by atoms with E-state index in [0.717, 1.165) is 0 Å². The minimum atomic E-state index is -3.48. The molecule has 0 fully saturated rings. The molecule has 0 aromatic heterocycles. The fraction of sp³-hybridized carbons (Fsp3) is 0.500. The van der Waals surface area contributed by atoms with E-state index in [1.807, 2.05) is 13.8 Å². The van der Waals surface area contributed by atoms with E-state index in [9.17, 15) is 13.2 Å². The highest BCUT2D eigenvalue weighted by molar-refractivity contribution is 7.88. The smallest absolute Gasteiger partial charge is 0.337 e. The molecule has 1 aromatic carbocycles. The van der Waals surface area contributed by atoms with Crippen molar-refractivity contribution in [2.75, 3.05) is 13.7 Å². The second-order valence-electron chi connectivity index (χ2n) is 5.15. The van der Waals surface area contributed by atoms with Crippen molar-refractivity contribution in [2.24, 2.45) is 11.7 Å². The number of ether oxygens (including phenoxy) is 1. The molecule has 7 heteroatoms. The fourth-order valence-electron chi connectivity index (χ4n) is 1.80. The van der Waals surface area contributed by atoms with Gasteiger partial charge >= 0.3 is 5.97 Å². The molecule has 1 rings (SSSR count). The van der Waals surface area contributed by atoms with Crippen LogP contribution in [0.25, 0.3) is 0 Å². The highest BCUT2D eigenvalue weighted by atomic mass is 32.2. The Kier molecular flexibility index (Phi) is 6.32. The Morgan fingerprint density at radius 2 is 1.86 bits per heavy atom. The molecule has 0 saturated carbocycles. The lowest BCUT2D eigenvalue weighted by Gasteiger charge is -2.20. The van der Waals surface area contributed by atoms with Gasteiger partial charge in [-0.25, -0.2) is 17.9 Å². The van der Waals surface area contributed by atoms with Crippen LogP contribution in [0.15, 0.2) is 24.3 Å². The minimum absolute atomic E-state index is 0.117. The van der Waals surface area contributed by atoms with Gasteiger partial charge in [-0.05, 0) is 23.6 Å². The molecule has 1 atom stereocenters. The van der Waals surface area contributed by atoms with Crippen LogP contribution in [0.4, 0.5) is 0 Å². The molecule has 1 unspecified atom stereocenters. The quantitative estimate of drug-likeness (QED) is 0.728. The summed E-state index contributed by atoms with van der Waals surface area (Å²) >= 11 is 0. The van der Waals surface area contributed by atoms with Gasteiger partial charge in [0.25, 0.3) is 0 Å². The molecule has 0 saturated heterocycles. The minimum Gasteiger partial charge on any atom is -0.465 e. The number of esters is 1. The maximum atomic E-state index is 12.1. The predicted octanol–water partition coefficient (Wildman–Crippen LogP) is 0.876. The Hall–Kier alpha value is -1.44. The van der Waals surface area contributed by atoms with Gasteiger partial charge in [0.1, 0.15) is 0 Å². The second-order valence-corrected chi connectivity index (χ2v) is 6.91. The number of hydrogen-bond acceptors (Lipinski definition) is 5. The van der Waals surface area contributed by atoms with Crippen molar-refractivity contribution < 1.29 is 17.9 Å². The van der Waals surface area contributed by atoms with Crippen molar-refractivity contribution in [3.8, 4) is 0 Å². The van der Waals surface area contributed by atoms with Gasteiger partial charge in [-0.3, -0.25) is 0 Å². The molecule has 0 amide bonds. The predicted molar refractivity (Wildman–Crippen MR) is 81.2 cm³/mol. The van der Waals surface area contributed by atoms with Crippen LogP contribution in [0.3, 0.4) is 0 Å². The summed E-state index contributed by atoms with van der Waals surface area (Å²) in [5.41, 5.74) is 6.54. The van der Waals surface area contributed by atoms with Gasteiger partial charge in [0.05, 0.1) is 18.4 Å². The maximum absolute atomic E-state index is 12.1. The first-order valence-corrected chi connectivity index (χ1v) is 8.31. The largest absolute Gasteiger partial charge is 0.465 e. The third kappa shape index (κ3) is 5.45. The first-order valence-electron chi connectivity index (χ1n) is 6.66. The van der Waals surface area contributed by atoms with Crippen molar-refractivity contribution in [2.45, 2.75) is 25.6 Å². The monoisotopic (exact) mass is 314 g/mol. The van der Waals surface area contributed by atoms with Gasteiger partial charge in [0.15, 0.2) is 0 Å². The maximum Gasteiger partial charge on any atom is 0.337 e. The third-order valence-corrected chi connectivity index (χ3v) is 4.50. The van der Waals surface area contributed by atoms with Crippen LogP contribution in [-0.4, -0.2) is 34.1 Å². The molecule has 0 aliphatic carbocycles. The summed E-state index contributed by atoms with van der Waals surface area (Å²) in [6.45, 7) is 4.06. The van der Waals surface area contributed by atoms with Crippen molar-refractivity contribution in [3.05, 3.63) is 35.4 Å². The molecule has 0 bridgehead atoms. The summed E-state index contributed by atoms with van der Waals surface area (Å²) < 4.78 is 31.4. The highest BCUT2D eigenvalue weighted by Gasteiger charge is 2.20. The number of nitrogens with two attached hydrogens (primary N) is 1. The molecule has 0 aliphatic rings. The van der Waals surface area contributed by atoms with E-state index >= 15 is 0 Å². The van der Waals surface area contributed by atoms with Crippen LogP contribution in [-0.2, 0) is 20.5 Å². The average Bonchev–Trinajstić information content (AvgIpc) is 2.44. The van der Waals surface area contributed by atoms with Crippen molar-refractivity contribution in [1.82, 2.24) is 4.72 Å². The Balaban J connectivity index is 2.77. The summed E-state index contributed by atoms with van der Waals surface area (Å²) in [5, 5.41) is 0. The standard InChI is InChI=1S/C14H22N2O4S/c1-10(2)13(8-15)16-21(18,19)9-11-4-6-12(7-5-11)14(17)20-3/h4-7,10,13,16H,8-9,15H2,1-3H3. The number of carbonyl (C=O) groups is 1. The fourth-order valence-corrected chi connectivity index (χ4v) is 3.35.